The third-order valence-corrected chi connectivity index (χ3v) is 6.18. The largest absolute Gasteiger partial charge is 0.427 e. The van der Waals surface area contributed by atoms with Gasteiger partial charge in [-0.05, 0) is 30.3 Å². The van der Waals surface area contributed by atoms with Crippen LogP contribution in [0.2, 0.25) is 0 Å². The van der Waals surface area contributed by atoms with E-state index >= 15 is 0 Å². The van der Waals surface area contributed by atoms with E-state index in [0.29, 0.717) is 16.9 Å². The highest BCUT2D eigenvalue weighted by molar-refractivity contribution is 6.25. The summed E-state index contributed by atoms with van der Waals surface area (Å²) in [7, 11) is 0. The van der Waals surface area contributed by atoms with Gasteiger partial charge in [-0.1, -0.05) is 18.2 Å². The van der Waals surface area contributed by atoms with Crippen molar-refractivity contribution in [3.8, 4) is 5.75 Å². The molecule has 0 unspecified atom stereocenters. The molecule has 0 saturated carbocycles. The number of imide groups is 1. The number of hydrogen-bond acceptors (Lipinski definition) is 7. The van der Waals surface area contributed by atoms with Crippen LogP contribution < -0.4 is 20.3 Å². The van der Waals surface area contributed by atoms with Gasteiger partial charge in [0.25, 0.3) is 0 Å². The highest BCUT2D eigenvalue weighted by Crippen LogP contribution is 2.53. The molecule has 3 heterocycles. The zero-order valence-corrected chi connectivity index (χ0v) is 16.5. The molecule has 5 rings (SSSR count). The number of anilines is 2. The van der Waals surface area contributed by atoms with E-state index in [-0.39, 0.29) is 5.75 Å². The molecule has 2 saturated heterocycles. The number of benzene rings is 2. The topological polar surface area (TPSA) is 125 Å². The predicted octanol–water partition coefficient (Wildman–Crippen LogP) is 0.529. The van der Waals surface area contributed by atoms with Crippen molar-refractivity contribution in [2.24, 2.45) is 11.8 Å². The van der Waals surface area contributed by atoms with E-state index in [1.165, 1.54) is 31.2 Å². The van der Waals surface area contributed by atoms with Crippen LogP contribution in [0.5, 0.6) is 5.75 Å². The van der Waals surface area contributed by atoms with Gasteiger partial charge in [0.15, 0.2) is 0 Å². The number of hydrogen-bond donors (Lipinski definition) is 3. The number of carbonyl (C=O) groups is 4. The van der Waals surface area contributed by atoms with Gasteiger partial charge in [-0.3, -0.25) is 24.5 Å². The number of aliphatic hydroxyl groups is 1. The molecule has 158 valence electrons. The minimum Gasteiger partial charge on any atom is -0.427 e. The number of ether oxygens (including phenoxy) is 1. The minimum absolute atomic E-state index is 0.283. The number of rotatable bonds is 3. The number of carbonyl (C=O) groups excluding carboxylic acids is 4. The van der Waals surface area contributed by atoms with Crippen LogP contribution in [0, 0.1) is 11.8 Å². The number of esters is 1. The van der Waals surface area contributed by atoms with Crippen molar-refractivity contribution in [3.05, 3.63) is 54.1 Å². The first-order valence-electron chi connectivity index (χ1n) is 9.84. The van der Waals surface area contributed by atoms with E-state index in [9.17, 15) is 24.3 Å². The molecule has 2 aromatic carbocycles. The minimum atomic E-state index is -1.44. The normalized spacial score (nSPS) is 28.6. The van der Waals surface area contributed by atoms with E-state index in [0.717, 1.165) is 4.90 Å². The van der Waals surface area contributed by atoms with E-state index < -0.39 is 53.7 Å². The van der Waals surface area contributed by atoms with E-state index in [1.807, 2.05) is 0 Å². The van der Waals surface area contributed by atoms with Gasteiger partial charge >= 0.3 is 5.97 Å². The molecule has 2 aromatic rings. The van der Waals surface area contributed by atoms with Gasteiger partial charge in [0.05, 0.1) is 24.1 Å². The van der Waals surface area contributed by atoms with Gasteiger partial charge in [-0.25, -0.2) is 4.90 Å². The zero-order valence-electron chi connectivity index (χ0n) is 16.5. The van der Waals surface area contributed by atoms with Gasteiger partial charge in [0.2, 0.25) is 17.7 Å². The zero-order chi connectivity index (χ0) is 21.9. The monoisotopic (exact) mass is 421 g/mol. The molecule has 9 heteroatoms. The van der Waals surface area contributed by atoms with Crippen molar-refractivity contribution >= 4 is 35.1 Å². The lowest BCUT2D eigenvalue weighted by atomic mass is 9.76. The summed E-state index contributed by atoms with van der Waals surface area (Å²) in [6.07, 6.45) is 0. The van der Waals surface area contributed by atoms with Crippen LogP contribution in [0.15, 0.2) is 48.5 Å². The van der Waals surface area contributed by atoms with Gasteiger partial charge in [-0.15, -0.1) is 0 Å². The van der Waals surface area contributed by atoms with E-state index in [2.05, 4.69) is 10.6 Å². The summed E-state index contributed by atoms with van der Waals surface area (Å²) < 4.78 is 5.00. The van der Waals surface area contributed by atoms with Gasteiger partial charge in [0, 0.05) is 24.2 Å². The smallest absolute Gasteiger partial charge is 0.308 e. The van der Waals surface area contributed by atoms with Crippen molar-refractivity contribution in [3.63, 3.8) is 0 Å². The fraction of sp³-hybridized carbons (Fsp3) is 0.273. The average Bonchev–Trinajstić information content (AvgIpc) is 3.33. The fourth-order valence-corrected chi connectivity index (χ4v) is 5.00. The molecule has 3 aliphatic rings. The number of amides is 3. The van der Waals surface area contributed by atoms with Gasteiger partial charge < -0.3 is 15.2 Å². The molecule has 9 nitrogen and oxygen atoms in total. The van der Waals surface area contributed by atoms with Crippen LogP contribution in [-0.2, 0) is 24.7 Å². The van der Waals surface area contributed by atoms with Crippen molar-refractivity contribution in [2.75, 3.05) is 16.8 Å². The SMILES string of the molecule is CC(=O)Oc1ccc(N2C(=O)[C@@H]3[C@@H](C2=O)[C@]2(N[C@@H]3CO)C(=O)Nc3ccccc32)cc1. The Morgan fingerprint density at radius 2 is 1.81 bits per heavy atom. The second kappa shape index (κ2) is 6.73. The maximum Gasteiger partial charge on any atom is 0.308 e. The molecule has 3 aliphatic heterocycles. The van der Waals surface area contributed by atoms with Crippen LogP contribution in [0.1, 0.15) is 12.5 Å². The molecule has 0 radical (unpaired) electrons. The first kappa shape index (κ1) is 19.4. The third-order valence-electron chi connectivity index (χ3n) is 6.18. The van der Waals surface area contributed by atoms with E-state index in [1.54, 1.807) is 24.3 Å². The van der Waals surface area contributed by atoms with E-state index in [4.69, 9.17) is 4.74 Å². The van der Waals surface area contributed by atoms with Crippen LogP contribution in [0.4, 0.5) is 11.4 Å². The lowest BCUT2D eigenvalue weighted by Crippen LogP contribution is -2.53. The summed E-state index contributed by atoms with van der Waals surface area (Å²) in [5, 5.41) is 15.8. The molecule has 3 amide bonds. The first-order valence-corrected chi connectivity index (χ1v) is 9.84. The summed E-state index contributed by atoms with van der Waals surface area (Å²) in [4.78, 5) is 52.2. The number of nitrogens with one attached hydrogen (secondary N) is 2. The number of fused-ring (bicyclic) bond motifs is 4. The van der Waals surface area contributed by atoms with Crippen LogP contribution in [-0.4, -0.2) is 41.4 Å². The number of para-hydroxylation sites is 1. The highest BCUT2D eigenvalue weighted by atomic mass is 16.5. The third kappa shape index (κ3) is 2.57. The van der Waals surface area contributed by atoms with Crippen LogP contribution >= 0.6 is 0 Å². The van der Waals surface area contributed by atoms with Gasteiger partial charge in [-0.2, -0.15) is 0 Å². The van der Waals surface area contributed by atoms with Crippen molar-refractivity contribution in [2.45, 2.75) is 18.5 Å². The fourth-order valence-electron chi connectivity index (χ4n) is 5.00. The maximum absolute atomic E-state index is 13.6. The van der Waals surface area contributed by atoms with Gasteiger partial charge in [0.1, 0.15) is 11.3 Å². The second-order valence-corrected chi connectivity index (χ2v) is 7.84. The molecule has 2 fully saturated rings. The molecular weight excluding hydrogens is 402 g/mol. The molecule has 0 aromatic heterocycles. The second-order valence-electron chi connectivity index (χ2n) is 7.84. The molecule has 0 bridgehead atoms. The lowest BCUT2D eigenvalue weighted by molar-refractivity contribution is -0.132. The Hall–Kier alpha value is -3.56. The number of nitrogens with zero attached hydrogens (tertiary/aromatic N) is 1. The average molecular weight is 421 g/mol. The van der Waals surface area contributed by atoms with Crippen LogP contribution in [0.3, 0.4) is 0 Å². The maximum atomic E-state index is 13.6. The Morgan fingerprint density at radius 1 is 1.10 bits per heavy atom. The molecule has 3 N–H and O–H groups in total. The highest BCUT2D eigenvalue weighted by Gasteiger charge is 2.70. The Kier molecular flexibility index (Phi) is 4.21. The van der Waals surface area contributed by atoms with Crippen molar-refractivity contribution in [1.82, 2.24) is 5.32 Å². The molecule has 31 heavy (non-hydrogen) atoms. The quantitative estimate of drug-likeness (QED) is 0.375. The predicted molar refractivity (Wildman–Crippen MR) is 108 cm³/mol. The summed E-state index contributed by atoms with van der Waals surface area (Å²) >= 11 is 0. The Bertz CT molecular complexity index is 1130. The molecule has 4 atom stereocenters. The Morgan fingerprint density at radius 3 is 2.48 bits per heavy atom. The summed E-state index contributed by atoms with van der Waals surface area (Å²) in [5.41, 5.74) is 0.0214. The van der Waals surface area contributed by atoms with Crippen molar-refractivity contribution in [1.29, 1.82) is 0 Å². The van der Waals surface area contributed by atoms with Crippen LogP contribution in [0.25, 0.3) is 0 Å². The molecule has 1 spiro atoms. The Balaban J connectivity index is 1.58. The van der Waals surface area contributed by atoms with Crippen molar-refractivity contribution < 1.29 is 29.0 Å². The standard InChI is InChI=1S/C22H19N3O6/c1-11(27)31-13-8-6-12(7-9-13)25-19(28)17-16(10-26)24-22(18(17)20(25)29)14-4-2-3-5-15(14)23-21(22)30/h2-9,16-18,24,26H,10H2,1H3,(H,23,30)/t16-,17+,18+,22+/m1/s1. The molecular formula is C22H19N3O6. The number of aliphatic hydroxyl groups excluding tert-OH is 1. The summed E-state index contributed by atoms with van der Waals surface area (Å²) in [6.45, 7) is 0.866. The first-order chi connectivity index (χ1) is 14.9. The molecule has 0 aliphatic carbocycles. The summed E-state index contributed by atoms with van der Waals surface area (Å²) in [5.74, 6) is -3.54. The Labute approximate surface area is 177 Å². The lowest BCUT2D eigenvalue weighted by Gasteiger charge is -2.29. The summed E-state index contributed by atoms with van der Waals surface area (Å²) in [6, 6.07) is 12.2.